The summed E-state index contributed by atoms with van der Waals surface area (Å²) in [7, 11) is 0. The van der Waals surface area contributed by atoms with Crippen LogP contribution in [0.4, 0.5) is 4.39 Å². The van der Waals surface area contributed by atoms with Gasteiger partial charge in [-0.25, -0.2) is 4.39 Å². The first-order valence-corrected chi connectivity index (χ1v) is 6.35. The van der Waals surface area contributed by atoms with E-state index in [1.807, 2.05) is 0 Å². The van der Waals surface area contributed by atoms with Gasteiger partial charge in [0.1, 0.15) is 6.67 Å². The Morgan fingerprint density at radius 1 is 1.42 bits per heavy atom. The molecule has 19 heavy (non-hydrogen) atoms. The summed E-state index contributed by atoms with van der Waals surface area (Å²) in [4.78, 5) is 16.1. The molecule has 0 saturated carbocycles. The molecule has 0 radical (unpaired) electrons. The first-order chi connectivity index (χ1) is 9.11. The van der Waals surface area contributed by atoms with Crippen LogP contribution in [0.5, 0.6) is 0 Å². The molecule has 6 heteroatoms. The molecule has 0 saturated heterocycles. The quantitative estimate of drug-likeness (QED) is 0.429. The minimum atomic E-state index is -0.798. The lowest BCUT2D eigenvalue weighted by Gasteiger charge is -2.11. The minimum Gasteiger partial charge on any atom is -0.370 e. The Balaban J connectivity index is 2.39. The highest BCUT2D eigenvalue weighted by molar-refractivity contribution is 6.05. The Morgan fingerprint density at radius 2 is 2.16 bits per heavy atom. The number of aryl methyl sites for hydroxylation is 2. The number of fused-ring (bicyclic) bond motifs is 1. The lowest BCUT2D eigenvalue weighted by molar-refractivity contribution is 0.0974. The van der Waals surface area contributed by atoms with Crippen LogP contribution in [0.3, 0.4) is 0 Å². The highest BCUT2D eigenvalue weighted by Crippen LogP contribution is 2.22. The molecule has 1 aromatic heterocycles. The summed E-state index contributed by atoms with van der Waals surface area (Å²) in [6.45, 7) is -0.798. The highest BCUT2D eigenvalue weighted by atomic mass is 19.1. The average molecular weight is 264 g/mol. The summed E-state index contributed by atoms with van der Waals surface area (Å²) in [5.41, 5.74) is 7.32. The van der Waals surface area contributed by atoms with Gasteiger partial charge in [0.05, 0.1) is 11.3 Å². The third-order valence-electron chi connectivity index (χ3n) is 3.25. The monoisotopic (exact) mass is 264 g/mol. The number of aromatic nitrogens is 1. The van der Waals surface area contributed by atoms with Crippen molar-refractivity contribution in [1.29, 1.82) is 5.41 Å². The molecule has 1 aromatic rings. The fourth-order valence-corrected chi connectivity index (χ4v) is 2.34. The number of carbonyl (C=O) groups is 1. The summed E-state index contributed by atoms with van der Waals surface area (Å²) in [6, 6.07) is 1.70. The smallest absolute Gasteiger partial charge is 0.259 e. The van der Waals surface area contributed by atoms with Gasteiger partial charge in [-0.1, -0.05) is 6.42 Å². The number of hydrogen-bond donors (Lipinski definition) is 3. The van der Waals surface area contributed by atoms with Crippen LogP contribution in [-0.4, -0.2) is 16.9 Å². The summed E-state index contributed by atoms with van der Waals surface area (Å²) in [5.74, 6) is -1.02. The molecule has 0 unspecified atom stereocenters. The summed E-state index contributed by atoms with van der Waals surface area (Å²) >= 11 is 0. The maximum atomic E-state index is 13.0. The second-order valence-corrected chi connectivity index (χ2v) is 4.65. The van der Waals surface area contributed by atoms with Crippen LogP contribution in [0.15, 0.2) is 6.07 Å². The third kappa shape index (κ3) is 3.07. The zero-order chi connectivity index (χ0) is 13.8. The molecule has 1 heterocycles. The van der Waals surface area contributed by atoms with Gasteiger partial charge in [-0.3, -0.25) is 20.5 Å². The topological polar surface area (TPSA) is 91.9 Å². The van der Waals surface area contributed by atoms with Crippen molar-refractivity contribution in [2.75, 3.05) is 0 Å². The van der Waals surface area contributed by atoms with E-state index in [1.165, 1.54) is 0 Å². The minimum absolute atomic E-state index is 0.124. The molecule has 0 spiro atoms. The number of alkyl halides is 1. The number of nitrogens with one attached hydrogen (secondary N) is 2. The molecular formula is C13H17FN4O. The number of nitrogens with two attached hydrogens (primary N) is 1. The van der Waals surface area contributed by atoms with Gasteiger partial charge in [0.2, 0.25) is 0 Å². The van der Waals surface area contributed by atoms with Gasteiger partial charge in [-0.2, -0.15) is 0 Å². The molecule has 1 aliphatic carbocycles. The van der Waals surface area contributed by atoms with Gasteiger partial charge >= 0.3 is 0 Å². The van der Waals surface area contributed by atoms with E-state index in [9.17, 15) is 9.18 Å². The molecule has 1 amide bonds. The fraction of sp³-hybridized carbons (Fsp3) is 0.462. The van der Waals surface area contributed by atoms with Crippen molar-refractivity contribution in [2.24, 2.45) is 5.73 Å². The molecule has 2 rings (SSSR count). The Kier molecular flexibility index (Phi) is 4.09. The number of halogens is 1. The van der Waals surface area contributed by atoms with Crippen molar-refractivity contribution < 1.29 is 9.18 Å². The predicted octanol–water partition coefficient (Wildman–Crippen LogP) is 1.44. The molecule has 0 bridgehead atoms. The van der Waals surface area contributed by atoms with Crippen LogP contribution < -0.4 is 11.1 Å². The number of rotatable bonds is 2. The number of hydrogen-bond acceptors (Lipinski definition) is 3. The van der Waals surface area contributed by atoms with E-state index >= 15 is 0 Å². The first kappa shape index (κ1) is 13.5. The highest BCUT2D eigenvalue weighted by Gasteiger charge is 2.18. The maximum absolute atomic E-state index is 13.0. The van der Waals surface area contributed by atoms with Crippen LogP contribution in [0.2, 0.25) is 0 Å². The predicted molar refractivity (Wildman–Crippen MR) is 69.7 cm³/mol. The van der Waals surface area contributed by atoms with Crippen molar-refractivity contribution in [3.63, 3.8) is 0 Å². The molecule has 0 aliphatic heterocycles. The van der Waals surface area contributed by atoms with Crippen molar-refractivity contribution in [1.82, 2.24) is 10.3 Å². The molecule has 0 aromatic carbocycles. The van der Waals surface area contributed by atoms with Gasteiger partial charge in [0.15, 0.2) is 5.96 Å². The van der Waals surface area contributed by atoms with E-state index in [2.05, 4.69) is 10.3 Å². The second-order valence-electron chi connectivity index (χ2n) is 4.65. The maximum Gasteiger partial charge on any atom is 0.259 e. The van der Waals surface area contributed by atoms with E-state index < -0.39 is 18.5 Å². The van der Waals surface area contributed by atoms with E-state index in [4.69, 9.17) is 11.1 Å². The number of pyridine rings is 1. The zero-order valence-corrected chi connectivity index (χ0v) is 10.6. The second kappa shape index (κ2) is 5.77. The molecule has 102 valence electrons. The average Bonchev–Trinajstić information content (AvgIpc) is 2.60. The van der Waals surface area contributed by atoms with Gasteiger partial charge in [0.25, 0.3) is 5.91 Å². The SMILES string of the molecule is N=C(N)NC(=O)c1cc2c(nc1CF)CCCCC2. The summed E-state index contributed by atoms with van der Waals surface area (Å²) in [6.07, 6.45) is 4.91. The van der Waals surface area contributed by atoms with Crippen molar-refractivity contribution in [2.45, 2.75) is 38.8 Å². The lowest BCUT2D eigenvalue weighted by atomic mass is 10.0. The van der Waals surface area contributed by atoms with Crippen molar-refractivity contribution in [3.05, 3.63) is 28.6 Å². The van der Waals surface area contributed by atoms with Crippen molar-refractivity contribution >= 4 is 11.9 Å². The van der Waals surface area contributed by atoms with Crippen LogP contribution >= 0.6 is 0 Å². The van der Waals surface area contributed by atoms with Crippen molar-refractivity contribution in [3.8, 4) is 0 Å². The van der Waals surface area contributed by atoms with Gasteiger partial charge in [-0.15, -0.1) is 0 Å². The Labute approximate surface area is 110 Å². The third-order valence-corrected chi connectivity index (χ3v) is 3.25. The van der Waals surface area contributed by atoms with E-state index in [0.717, 1.165) is 43.4 Å². The zero-order valence-electron chi connectivity index (χ0n) is 10.6. The fourth-order valence-electron chi connectivity index (χ4n) is 2.34. The normalized spacial score (nSPS) is 14.4. The molecule has 5 nitrogen and oxygen atoms in total. The Hall–Kier alpha value is -1.98. The standard InChI is InChI=1S/C13H17FN4O/c14-7-11-9(12(19)18-13(15)16)6-8-4-2-1-3-5-10(8)17-11/h6H,1-5,7H2,(H4,15,16,18,19). The van der Waals surface area contributed by atoms with Gasteiger partial charge in [-0.05, 0) is 37.3 Å². The van der Waals surface area contributed by atoms with Gasteiger partial charge in [0, 0.05) is 5.69 Å². The number of guanidine groups is 1. The van der Waals surface area contributed by atoms with Crippen LogP contribution in [0.1, 0.15) is 46.6 Å². The lowest BCUT2D eigenvalue weighted by Crippen LogP contribution is -2.36. The molecule has 4 N–H and O–H groups in total. The number of nitrogens with zero attached hydrogens (tertiary/aromatic N) is 1. The Bertz CT molecular complexity index is 516. The molecular weight excluding hydrogens is 247 g/mol. The molecule has 1 aliphatic rings. The number of carbonyl (C=O) groups excluding carboxylic acids is 1. The van der Waals surface area contributed by atoms with Crippen LogP contribution in [-0.2, 0) is 19.5 Å². The van der Waals surface area contributed by atoms with E-state index in [0.29, 0.717) is 0 Å². The Morgan fingerprint density at radius 3 is 2.84 bits per heavy atom. The summed E-state index contributed by atoms with van der Waals surface area (Å²) < 4.78 is 13.0. The largest absolute Gasteiger partial charge is 0.370 e. The number of amides is 1. The van der Waals surface area contributed by atoms with Crippen LogP contribution in [0.25, 0.3) is 0 Å². The van der Waals surface area contributed by atoms with E-state index in [1.54, 1.807) is 6.07 Å². The molecule has 0 atom stereocenters. The first-order valence-electron chi connectivity index (χ1n) is 6.35. The van der Waals surface area contributed by atoms with Gasteiger partial charge < -0.3 is 5.73 Å². The molecule has 0 fully saturated rings. The van der Waals surface area contributed by atoms with E-state index in [-0.39, 0.29) is 11.3 Å². The summed E-state index contributed by atoms with van der Waals surface area (Å²) in [5, 5.41) is 9.23. The van der Waals surface area contributed by atoms with Crippen LogP contribution in [0, 0.1) is 5.41 Å².